The molecule has 12 heavy (non-hydrogen) atoms. The van der Waals surface area contributed by atoms with Crippen LogP contribution in [-0.2, 0) is 0 Å². The Morgan fingerprint density at radius 3 is 1.58 bits per heavy atom. The van der Waals surface area contributed by atoms with Crippen molar-refractivity contribution in [3.8, 4) is 0 Å². The van der Waals surface area contributed by atoms with Crippen LogP contribution in [0.4, 0.5) is 0 Å². The second-order valence-electron chi connectivity index (χ2n) is 2.41. The van der Waals surface area contributed by atoms with Crippen LogP contribution in [0.3, 0.4) is 0 Å². The summed E-state index contributed by atoms with van der Waals surface area (Å²) in [5.41, 5.74) is 2.70. The minimum Gasteiger partial charge on any atom is -0.394 e. The van der Waals surface area contributed by atoms with E-state index in [0.717, 1.165) is 0 Å². The molecule has 0 saturated carbocycles. The highest BCUT2D eigenvalue weighted by molar-refractivity contribution is 5.59. The number of aliphatic hydroxyl groups is 2. The van der Waals surface area contributed by atoms with Gasteiger partial charge in [0.1, 0.15) is 0 Å². The molecule has 0 radical (unpaired) electrons. The Bertz CT molecular complexity index is 229. The Labute approximate surface area is 71.8 Å². The monoisotopic (exact) mass is 164 g/mol. The van der Waals surface area contributed by atoms with E-state index in [0.29, 0.717) is 0 Å². The minimum absolute atomic E-state index is 0.125. The van der Waals surface area contributed by atoms with E-state index in [1.54, 1.807) is 0 Å². The first kappa shape index (κ1) is 8.97. The first-order chi connectivity index (χ1) is 5.88. The highest BCUT2D eigenvalue weighted by Crippen LogP contribution is 2.23. The molecular weight excluding hydrogens is 152 g/mol. The SMILES string of the molecule is C1=CC2=CC=CC2=C1.OCCO. The Morgan fingerprint density at radius 1 is 0.833 bits per heavy atom. The van der Waals surface area contributed by atoms with Crippen molar-refractivity contribution in [1.82, 2.24) is 0 Å². The minimum atomic E-state index is -0.125. The molecule has 0 aromatic rings. The number of allylic oxidation sites excluding steroid dienone is 8. The van der Waals surface area contributed by atoms with Gasteiger partial charge in [0.05, 0.1) is 13.2 Å². The van der Waals surface area contributed by atoms with Gasteiger partial charge in [0.25, 0.3) is 0 Å². The number of fused-ring (bicyclic) bond motifs is 1. The molecule has 0 spiro atoms. The highest BCUT2D eigenvalue weighted by Gasteiger charge is 2.04. The van der Waals surface area contributed by atoms with Gasteiger partial charge in [-0.05, 0) is 11.1 Å². The van der Waals surface area contributed by atoms with E-state index in [-0.39, 0.29) is 13.2 Å². The molecule has 2 N–H and O–H groups in total. The molecule has 0 heterocycles. The summed E-state index contributed by atoms with van der Waals surface area (Å²) in [7, 11) is 0. The highest BCUT2D eigenvalue weighted by atomic mass is 16.3. The van der Waals surface area contributed by atoms with Crippen LogP contribution in [0.2, 0.25) is 0 Å². The predicted octanol–water partition coefficient (Wildman–Crippen LogP) is 0.950. The Morgan fingerprint density at radius 2 is 1.25 bits per heavy atom. The van der Waals surface area contributed by atoms with E-state index in [1.807, 2.05) is 0 Å². The standard InChI is InChI=1S/C8H6.C2H6O2/c1-3-7-5-2-6-8(7)4-1;3-1-2-4/h1-6H;3-4H,1-2H2. The lowest BCUT2D eigenvalue weighted by Crippen LogP contribution is -1.85. The van der Waals surface area contributed by atoms with E-state index >= 15 is 0 Å². The van der Waals surface area contributed by atoms with E-state index in [4.69, 9.17) is 10.2 Å². The lowest BCUT2D eigenvalue weighted by Gasteiger charge is -1.85. The fourth-order valence-corrected chi connectivity index (χ4v) is 1.01. The molecule has 2 nitrogen and oxygen atoms in total. The van der Waals surface area contributed by atoms with Crippen molar-refractivity contribution in [2.45, 2.75) is 0 Å². The normalized spacial score (nSPS) is 16.5. The van der Waals surface area contributed by atoms with Crippen molar-refractivity contribution in [1.29, 1.82) is 0 Å². The molecular formula is C10H12O2. The molecule has 2 aliphatic rings. The third-order valence-electron chi connectivity index (χ3n) is 1.54. The summed E-state index contributed by atoms with van der Waals surface area (Å²) in [5, 5.41) is 15.2. The molecule has 2 aliphatic carbocycles. The average molecular weight is 164 g/mol. The van der Waals surface area contributed by atoms with Crippen LogP contribution in [0, 0.1) is 0 Å². The summed E-state index contributed by atoms with van der Waals surface area (Å²) in [4.78, 5) is 0. The zero-order valence-electron chi connectivity index (χ0n) is 6.77. The van der Waals surface area contributed by atoms with E-state index in [2.05, 4.69) is 36.5 Å². The van der Waals surface area contributed by atoms with E-state index in [1.165, 1.54) is 11.1 Å². The van der Waals surface area contributed by atoms with Gasteiger partial charge in [-0.15, -0.1) is 0 Å². The molecule has 0 saturated heterocycles. The maximum absolute atomic E-state index is 7.62. The Hall–Kier alpha value is -1.12. The van der Waals surface area contributed by atoms with Gasteiger partial charge < -0.3 is 10.2 Å². The summed E-state index contributed by atoms with van der Waals surface area (Å²) in [6.45, 7) is -0.250. The zero-order chi connectivity index (χ0) is 8.81. The maximum atomic E-state index is 7.62. The smallest absolute Gasteiger partial charge is 0.0662 e. The van der Waals surface area contributed by atoms with Crippen LogP contribution >= 0.6 is 0 Å². The molecule has 0 aromatic heterocycles. The summed E-state index contributed by atoms with van der Waals surface area (Å²) in [6, 6.07) is 0. The molecule has 2 heteroatoms. The fraction of sp³-hybridized carbons (Fsp3) is 0.200. The lowest BCUT2D eigenvalue weighted by molar-refractivity contribution is 0.186. The van der Waals surface area contributed by atoms with Crippen LogP contribution in [0.25, 0.3) is 0 Å². The molecule has 0 aromatic carbocycles. The molecule has 0 atom stereocenters. The van der Waals surface area contributed by atoms with Crippen molar-refractivity contribution in [3.63, 3.8) is 0 Å². The quantitative estimate of drug-likeness (QED) is 0.605. The molecule has 0 aliphatic heterocycles. The van der Waals surface area contributed by atoms with Crippen LogP contribution < -0.4 is 0 Å². The summed E-state index contributed by atoms with van der Waals surface area (Å²) in [6.07, 6.45) is 12.6. The number of hydrogen-bond acceptors (Lipinski definition) is 2. The van der Waals surface area contributed by atoms with Crippen LogP contribution in [0.15, 0.2) is 47.6 Å². The van der Waals surface area contributed by atoms with Crippen molar-refractivity contribution in [2.24, 2.45) is 0 Å². The van der Waals surface area contributed by atoms with Gasteiger partial charge in [0.2, 0.25) is 0 Å². The van der Waals surface area contributed by atoms with Gasteiger partial charge in [0.15, 0.2) is 0 Å². The van der Waals surface area contributed by atoms with Crippen molar-refractivity contribution in [3.05, 3.63) is 47.6 Å². The van der Waals surface area contributed by atoms with Crippen LogP contribution in [0.5, 0.6) is 0 Å². The first-order valence-electron chi connectivity index (χ1n) is 3.87. The van der Waals surface area contributed by atoms with Crippen LogP contribution in [-0.4, -0.2) is 23.4 Å². The average Bonchev–Trinajstić information content (AvgIpc) is 2.64. The zero-order valence-corrected chi connectivity index (χ0v) is 6.77. The Balaban J connectivity index is 0.000000157. The van der Waals surface area contributed by atoms with Gasteiger partial charge >= 0.3 is 0 Å². The van der Waals surface area contributed by atoms with Crippen molar-refractivity contribution in [2.75, 3.05) is 13.2 Å². The van der Waals surface area contributed by atoms with Crippen molar-refractivity contribution >= 4 is 0 Å². The molecule has 0 fully saturated rings. The molecule has 64 valence electrons. The summed E-state index contributed by atoms with van der Waals surface area (Å²) >= 11 is 0. The third kappa shape index (κ3) is 2.19. The largest absolute Gasteiger partial charge is 0.394 e. The van der Waals surface area contributed by atoms with Crippen LogP contribution in [0.1, 0.15) is 0 Å². The Kier molecular flexibility index (Phi) is 3.51. The van der Waals surface area contributed by atoms with Gasteiger partial charge in [0, 0.05) is 0 Å². The topological polar surface area (TPSA) is 40.5 Å². The molecule has 0 bridgehead atoms. The van der Waals surface area contributed by atoms with E-state index < -0.39 is 0 Å². The molecule has 0 unspecified atom stereocenters. The second-order valence-corrected chi connectivity index (χ2v) is 2.41. The summed E-state index contributed by atoms with van der Waals surface area (Å²) < 4.78 is 0. The van der Waals surface area contributed by atoms with Gasteiger partial charge in [-0.25, -0.2) is 0 Å². The first-order valence-corrected chi connectivity index (χ1v) is 3.87. The second kappa shape index (κ2) is 4.70. The molecule has 2 rings (SSSR count). The van der Waals surface area contributed by atoms with Crippen molar-refractivity contribution < 1.29 is 10.2 Å². The third-order valence-corrected chi connectivity index (χ3v) is 1.54. The fourth-order valence-electron chi connectivity index (χ4n) is 1.01. The number of hydrogen-bond donors (Lipinski definition) is 2. The molecule has 0 amide bonds. The van der Waals surface area contributed by atoms with Gasteiger partial charge in [-0.3, -0.25) is 0 Å². The number of rotatable bonds is 1. The van der Waals surface area contributed by atoms with Gasteiger partial charge in [-0.2, -0.15) is 0 Å². The lowest BCUT2D eigenvalue weighted by atomic mass is 10.2. The predicted molar refractivity (Wildman–Crippen MR) is 48.6 cm³/mol. The maximum Gasteiger partial charge on any atom is 0.0662 e. The number of aliphatic hydroxyl groups excluding tert-OH is 2. The van der Waals surface area contributed by atoms with Gasteiger partial charge in [-0.1, -0.05) is 36.5 Å². The summed E-state index contributed by atoms with van der Waals surface area (Å²) in [5.74, 6) is 0. The van der Waals surface area contributed by atoms with E-state index in [9.17, 15) is 0 Å².